The largest absolute Gasteiger partial charge is 0.455 e. The predicted octanol–water partition coefficient (Wildman–Crippen LogP) is 13.4. The topological polar surface area (TPSA) is 51.8 Å². The van der Waals surface area contributed by atoms with Gasteiger partial charge in [-0.3, -0.25) is 0 Å². The van der Waals surface area contributed by atoms with Crippen molar-refractivity contribution in [2.24, 2.45) is 0 Å². The fourth-order valence-corrected chi connectivity index (χ4v) is 7.36. The molecule has 0 radical (unpaired) electrons. The number of rotatable bonds is 7. The van der Waals surface area contributed by atoms with Crippen molar-refractivity contribution in [3.8, 4) is 78.7 Å². The minimum Gasteiger partial charge on any atom is -0.455 e. The molecule has 2 aromatic heterocycles. The highest BCUT2D eigenvalue weighted by atomic mass is 16.3. The first-order chi connectivity index (χ1) is 27.2. The molecule has 0 aliphatic rings. The maximum Gasteiger partial charge on any atom is 0.167 e. The van der Waals surface area contributed by atoms with Gasteiger partial charge in [0.2, 0.25) is 0 Å². The summed E-state index contributed by atoms with van der Waals surface area (Å²) in [6.45, 7) is 0. The third-order valence-electron chi connectivity index (χ3n) is 10.2. The van der Waals surface area contributed by atoms with Gasteiger partial charge in [-0.15, -0.1) is 0 Å². The van der Waals surface area contributed by atoms with E-state index in [9.17, 15) is 0 Å². The van der Waals surface area contributed by atoms with E-state index < -0.39 is 0 Å². The normalized spacial score (nSPS) is 11.3. The maximum atomic E-state index is 6.86. The first-order valence-corrected chi connectivity index (χ1v) is 18.4. The number of furan rings is 1. The maximum absolute atomic E-state index is 6.86. The average molecular weight is 704 g/mol. The second-order valence-corrected chi connectivity index (χ2v) is 13.6. The van der Waals surface area contributed by atoms with Crippen molar-refractivity contribution in [2.75, 3.05) is 0 Å². The van der Waals surface area contributed by atoms with Crippen LogP contribution in [0.25, 0.3) is 101 Å². The van der Waals surface area contributed by atoms with E-state index in [4.69, 9.17) is 19.4 Å². The summed E-state index contributed by atoms with van der Waals surface area (Å²) in [5.74, 6) is 1.77. The van der Waals surface area contributed by atoms with Gasteiger partial charge in [0.15, 0.2) is 17.5 Å². The molecule has 0 spiro atoms. The number of aromatic nitrogens is 3. The van der Waals surface area contributed by atoms with Gasteiger partial charge in [0.1, 0.15) is 11.2 Å². The van der Waals surface area contributed by atoms with Gasteiger partial charge in [-0.2, -0.15) is 0 Å². The Kier molecular flexibility index (Phi) is 8.12. The van der Waals surface area contributed by atoms with E-state index in [1.165, 1.54) is 16.7 Å². The molecular formula is C51H33N3O. The molecule has 4 nitrogen and oxygen atoms in total. The minimum atomic E-state index is 0.558. The van der Waals surface area contributed by atoms with Crippen LogP contribution in [-0.2, 0) is 0 Å². The van der Waals surface area contributed by atoms with Crippen molar-refractivity contribution in [1.29, 1.82) is 0 Å². The number of hydrogen-bond donors (Lipinski definition) is 0. The molecule has 0 aliphatic heterocycles. The van der Waals surface area contributed by atoms with Crippen molar-refractivity contribution in [3.63, 3.8) is 0 Å². The molecule has 0 saturated heterocycles. The molecular weight excluding hydrogens is 671 g/mol. The van der Waals surface area contributed by atoms with E-state index in [2.05, 4.69) is 152 Å². The molecule has 10 rings (SSSR count). The minimum absolute atomic E-state index is 0.558. The lowest BCUT2D eigenvalue weighted by molar-refractivity contribution is 0.670. The van der Waals surface area contributed by atoms with Crippen molar-refractivity contribution >= 4 is 21.9 Å². The molecule has 55 heavy (non-hydrogen) atoms. The molecule has 258 valence electrons. The Morgan fingerprint density at radius 3 is 1.22 bits per heavy atom. The number of para-hydroxylation sites is 2. The van der Waals surface area contributed by atoms with Crippen molar-refractivity contribution in [3.05, 3.63) is 200 Å². The lowest BCUT2D eigenvalue weighted by atomic mass is 9.97. The van der Waals surface area contributed by atoms with Gasteiger partial charge in [0, 0.05) is 27.5 Å². The quantitative estimate of drug-likeness (QED) is 0.166. The molecule has 0 unspecified atom stereocenters. The van der Waals surface area contributed by atoms with Gasteiger partial charge in [0.05, 0.1) is 5.56 Å². The molecule has 10 aromatic rings. The standard InChI is InChI=1S/C51H33N3O/c1-4-13-34(14-5-1)36-25-27-37(28-26-36)38-29-31-39(32-30-38)43-21-11-22-44-45-23-12-24-46(48(45)55-47(43)44)51-53-49(40-17-8-3-9-18-40)52-50(54-51)42-20-10-19-41(33-42)35-15-6-2-7-16-35/h1-33H. The van der Waals surface area contributed by atoms with E-state index in [0.717, 1.165) is 66.4 Å². The second-order valence-electron chi connectivity index (χ2n) is 13.6. The Balaban J connectivity index is 1.05. The van der Waals surface area contributed by atoms with Crippen LogP contribution in [0.1, 0.15) is 0 Å². The summed E-state index contributed by atoms with van der Waals surface area (Å²) in [7, 11) is 0. The third-order valence-corrected chi connectivity index (χ3v) is 10.2. The molecule has 0 fully saturated rings. The zero-order valence-electron chi connectivity index (χ0n) is 29.8. The third kappa shape index (κ3) is 6.16. The first-order valence-electron chi connectivity index (χ1n) is 18.4. The van der Waals surface area contributed by atoms with Crippen LogP contribution in [0, 0.1) is 0 Å². The van der Waals surface area contributed by atoms with Gasteiger partial charge in [0.25, 0.3) is 0 Å². The highest BCUT2D eigenvalue weighted by Gasteiger charge is 2.19. The van der Waals surface area contributed by atoms with Gasteiger partial charge in [-0.05, 0) is 51.1 Å². The SMILES string of the molecule is c1ccc(-c2ccc(-c3ccc(-c4cccc5c4oc4c(-c6nc(-c7ccccc7)nc(-c7cccc(-c8ccccc8)c7)n6)cccc45)cc3)cc2)cc1. The van der Waals surface area contributed by atoms with Crippen LogP contribution in [0.5, 0.6) is 0 Å². The summed E-state index contributed by atoms with van der Waals surface area (Å²) in [6, 6.07) is 69.3. The summed E-state index contributed by atoms with van der Waals surface area (Å²) in [5, 5.41) is 2.06. The zero-order valence-corrected chi connectivity index (χ0v) is 29.8. The number of hydrogen-bond acceptors (Lipinski definition) is 4. The Morgan fingerprint density at radius 1 is 0.255 bits per heavy atom. The smallest absolute Gasteiger partial charge is 0.167 e. The molecule has 8 aromatic carbocycles. The zero-order chi connectivity index (χ0) is 36.6. The average Bonchev–Trinajstić information content (AvgIpc) is 3.67. The Morgan fingerprint density at radius 2 is 0.636 bits per heavy atom. The Bertz CT molecular complexity index is 2940. The number of nitrogens with zero attached hydrogens (tertiary/aromatic N) is 3. The van der Waals surface area contributed by atoms with Crippen molar-refractivity contribution in [2.45, 2.75) is 0 Å². The van der Waals surface area contributed by atoms with Gasteiger partial charge in [-0.25, -0.2) is 15.0 Å². The summed E-state index contributed by atoms with van der Waals surface area (Å²) in [6.07, 6.45) is 0. The lowest BCUT2D eigenvalue weighted by Crippen LogP contribution is -2.00. The highest BCUT2D eigenvalue weighted by Crippen LogP contribution is 2.40. The van der Waals surface area contributed by atoms with Crippen LogP contribution in [0.2, 0.25) is 0 Å². The monoisotopic (exact) mass is 703 g/mol. The number of fused-ring (bicyclic) bond motifs is 3. The fraction of sp³-hybridized carbons (Fsp3) is 0. The molecule has 4 heteroatoms. The second kappa shape index (κ2) is 13.8. The van der Waals surface area contributed by atoms with E-state index in [1.807, 2.05) is 48.5 Å². The predicted molar refractivity (Wildman–Crippen MR) is 225 cm³/mol. The lowest BCUT2D eigenvalue weighted by Gasteiger charge is -2.10. The van der Waals surface area contributed by atoms with E-state index >= 15 is 0 Å². The number of benzene rings is 8. The molecule has 0 N–H and O–H groups in total. The Labute approximate surface area is 319 Å². The van der Waals surface area contributed by atoms with Crippen LogP contribution < -0.4 is 0 Å². The molecule has 0 amide bonds. The molecule has 0 aliphatic carbocycles. The molecule has 0 atom stereocenters. The van der Waals surface area contributed by atoms with Gasteiger partial charge < -0.3 is 4.42 Å². The summed E-state index contributed by atoms with van der Waals surface area (Å²) in [4.78, 5) is 15.2. The van der Waals surface area contributed by atoms with Crippen molar-refractivity contribution in [1.82, 2.24) is 15.0 Å². The summed E-state index contributed by atoms with van der Waals surface area (Å²) in [5.41, 5.74) is 13.3. The molecule has 0 saturated carbocycles. The van der Waals surface area contributed by atoms with E-state index in [-0.39, 0.29) is 0 Å². The Hall–Kier alpha value is -7.43. The van der Waals surface area contributed by atoms with Crippen LogP contribution >= 0.6 is 0 Å². The first kappa shape index (κ1) is 32.2. The van der Waals surface area contributed by atoms with Crippen LogP contribution in [0.3, 0.4) is 0 Å². The van der Waals surface area contributed by atoms with Gasteiger partial charge in [-0.1, -0.05) is 188 Å². The van der Waals surface area contributed by atoms with Crippen LogP contribution in [-0.4, -0.2) is 15.0 Å². The van der Waals surface area contributed by atoms with E-state index in [0.29, 0.717) is 17.5 Å². The molecule has 2 heterocycles. The highest BCUT2D eigenvalue weighted by molar-refractivity contribution is 6.12. The summed E-state index contributed by atoms with van der Waals surface area (Å²) >= 11 is 0. The van der Waals surface area contributed by atoms with Crippen LogP contribution in [0.4, 0.5) is 0 Å². The summed E-state index contributed by atoms with van der Waals surface area (Å²) < 4.78 is 6.86. The van der Waals surface area contributed by atoms with E-state index in [1.54, 1.807) is 0 Å². The fourth-order valence-electron chi connectivity index (χ4n) is 7.36. The van der Waals surface area contributed by atoms with Gasteiger partial charge >= 0.3 is 0 Å². The van der Waals surface area contributed by atoms with Crippen molar-refractivity contribution < 1.29 is 4.42 Å². The van der Waals surface area contributed by atoms with Crippen LogP contribution in [0.15, 0.2) is 205 Å². The molecule has 0 bridgehead atoms.